The van der Waals surface area contributed by atoms with Crippen LogP contribution >= 0.6 is 0 Å². The second-order valence-electron chi connectivity index (χ2n) is 6.17. The van der Waals surface area contributed by atoms with Gasteiger partial charge in [-0.3, -0.25) is 0 Å². The monoisotopic (exact) mass is 396 g/mol. The van der Waals surface area contributed by atoms with E-state index in [1.165, 1.54) is 30.6 Å². The predicted molar refractivity (Wildman–Crippen MR) is 98.2 cm³/mol. The summed E-state index contributed by atoms with van der Waals surface area (Å²) in [6.07, 6.45) is -3.36. The molecule has 0 saturated carbocycles. The molecule has 0 aliphatic carbocycles. The van der Waals surface area contributed by atoms with E-state index in [9.17, 15) is 22.4 Å². The number of aliphatic imine (C=N–C) groups is 1. The molecule has 0 fully saturated rings. The van der Waals surface area contributed by atoms with E-state index in [-0.39, 0.29) is 11.3 Å². The van der Waals surface area contributed by atoms with Crippen molar-refractivity contribution in [2.75, 3.05) is 13.6 Å². The van der Waals surface area contributed by atoms with Gasteiger partial charge in [-0.05, 0) is 37.6 Å². The Hall–Kier alpha value is -2.90. The van der Waals surface area contributed by atoms with E-state index < -0.39 is 35.7 Å². The van der Waals surface area contributed by atoms with Crippen molar-refractivity contribution in [2.45, 2.75) is 26.6 Å². The van der Waals surface area contributed by atoms with Crippen LogP contribution in [0.15, 0.2) is 41.4 Å². The van der Waals surface area contributed by atoms with Crippen molar-refractivity contribution < 1.29 is 27.1 Å². The topological polar surface area (TPSA) is 41.9 Å². The Bertz CT molecular complexity index is 879. The van der Waals surface area contributed by atoms with Gasteiger partial charge < -0.3 is 9.64 Å². The van der Waals surface area contributed by atoms with Gasteiger partial charge in [-0.1, -0.05) is 18.2 Å². The minimum atomic E-state index is -4.78. The van der Waals surface area contributed by atoms with Gasteiger partial charge in [0.25, 0.3) is 0 Å². The zero-order chi connectivity index (χ0) is 20.9. The minimum Gasteiger partial charge on any atom is -0.457 e. The molecule has 0 spiro atoms. The maximum absolute atomic E-state index is 13.6. The molecular weight excluding hydrogens is 376 g/mol. The van der Waals surface area contributed by atoms with Gasteiger partial charge in [0.2, 0.25) is 0 Å². The number of halogens is 4. The number of alkyl halides is 3. The lowest BCUT2D eigenvalue weighted by Gasteiger charge is -2.15. The number of hydrogen-bond donors (Lipinski definition) is 0. The third kappa shape index (κ3) is 5.31. The molecule has 0 unspecified atom stereocenters. The lowest BCUT2D eigenvalue weighted by atomic mass is 10.0. The summed E-state index contributed by atoms with van der Waals surface area (Å²) in [5, 5.41) is 0. The molecule has 0 aromatic heterocycles. The van der Waals surface area contributed by atoms with E-state index >= 15 is 0 Å². The Kier molecular flexibility index (Phi) is 6.77. The summed E-state index contributed by atoms with van der Waals surface area (Å²) in [7, 11) is 1.73. The zero-order valence-corrected chi connectivity index (χ0v) is 15.7. The van der Waals surface area contributed by atoms with Gasteiger partial charge in [-0.25, -0.2) is 14.2 Å². The number of carbonyl (C=O) groups is 1. The fourth-order valence-corrected chi connectivity index (χ4v) is 2.32. The van der Waals surface area contributed by atoms with Crippen molar-refractivity contribution in [3.63, 3.8) is 0 Å². The van der Waals surface area contributed by atoms with Crippen molar-refractivity contribution in [3.8, 4) is 0 Å². The van der Waals surface area contributed by atoms with Crippen LogP contribution in [0, 0.1) is 12.7 Å². The number of aryl methyl sites for hydroxylation is 1. The van der Waals surface area contributed by atoms with E-state index in [0.29, 0.717) is 12.1 Å². The van der Waals surface area contributed by atoms with Crippen molar-refractivity contribution in [1.29, 1.82) is 0 Å². The van der Waals surface area contributed by atoms with Gasteiger partial charge in [0.1, 0.15) is 12.4 Å². The normalized spacial score (nSPS) is 11.7. The minimum absolute atomic E-state index is 0.0740. The Morgan fingerprint density at radius 3 is 2.54 bits per heavy atom. The molecule has 150 valence electrons. The van der Waals surface area contributed by atoms with Gasteiger partial charge in [-0.15, -0.1) is 0 Å². The summed E-state index contributed by atoms with van der Waals surface area (Å²) in [6, 6.07) is 7.47. The maximum atomic E-state index is 13.6. The molecule has 2 aromatic carbocycles. The van der Waals surface area contributed by atoms with Crippen LogP contribution in [0.2, 0.25) is 0 Å². The Labute approximate surface area is 160 Å². The third-order valence-corrected chi connectivity index (χ3v) is 4.07. The van der Waals surface area contributed by atoms with Crippen LogP contribution in [0.4, 0.5) is 23.2 Å². The van der Waals surface area contributed by atoms with Gasteiger partial charge >= 0.3 is 12.1 Å². The van der Waals surface area contributed by atoms with Crippen molar-refractivity contribution in [3.05, 3.63) is 64.5 Å². The number of nitrogens with zero attached hydrogens (tertiary/aromatic N) is 2. The summed E-state index contributed by atoms with van der Waals surface area (Å²) in [5.74, 6) is -1.79. The van der Waals surface area contributed by atoms with E-state index in [1.807, 2.05) is 6.92 Å². The number of esters is 1. The molecule has 0 aliphatic heterocycles. The molecule has 0 saturated heterocycles. The van der Waals surface area contributed by atoms with Crippen LogP contribution in [0.25, 0.3) is 0 Å². The lowest BCUT2D eigenvalue weighted by Crippen LogP contribution is -2.16. The summed E-state index contributed by atoms with van der Waals surface area (Å²) < 4.78 is 59.0. The van der Waals surface area contributed by atoms with Crippen molar-refractivity contribution in [1.82, 2.24) is 4.90 Å². The number of rotatable bonds is 6. The molecule has 0 aliphatic rings. The van der Waals surface area contributed by atoms with E-state index in [1.54, 1.807) is 18.9 Å². The smallest absolute Gasteiger partial charge is 0.417 e. The fraction of sp³-hybridized carbons (Fsp3) is 0.300. The zero-order valence-electron chi connectivity index (χ0n) is 15.7. The van der Waals surface area contributed by atoms with Crippen molar-refractivity contribution >= 4 is 18.0 Å². The highest BCUT2D eigenvalue weighted by Gasteiger charge is 2.36. The number of carbonyl (C=O) groups excluding carboxylic acids is 1. The van der Waals surface area contributed by atoms with Gasteiger partial charge in [0.15, 0.2) is 0 Å². The number of ether oxygens (including phenoxy) is 1. The second-order valence-corrected chi connectivity index (χ2v) is 6.17. The third-order valence-electron chi connectivity index (χ3n) is 4.07. The molecule has 2 aromatic rings. The molecule has 4 nitrogen and oxygen atoms in total. The van der Waals surface area contributed by atoms with Gasteiger partial charge in [0.05, 0.1) is 23.2 Å². The van der Waals surface area contributed by atoms with E-state index in [0.717, 1.165) is 12.1 Å². The molecule has 8 heteroatoms. The number of benzene rings is 2. The largest absolute Gasteiger partial charge is 0.457 e. The maximum Gasteiger partial charge on any atom is 0.417 e. The first-order valence-electron chi connectivity index (χ1n) is 8.50. The molecular formula is C20H20F4N2O2. The molecule has 0 bridgehead atoms. The summed E-state index contributed by atoms with van der Waals surface area (Å²) >= 11 is 0. The second kappa shape index (κ2) is 8.86. The van der Waals surface area contributed by atoms with E-state index in [4.69, 9.17) is 4.74 Å². The fourth-order valence-electron chi connectivity index (χ4n) is 2.32. The molecule has 0 amide bonds. The first kappa shape index (κ1) is 21.4. The summed E-state index contributed by atoms with van der Waals surface area (Å²) in [4.78, 5) is 18.0. The average Bonchev–Trinajstić information content (AvgIpc) is 2.64. The molecule has 0 atom stereocenters. The molecule has 0 heterocycles. The first-order chi connectivity index (χ1) is 13.1. The van der Waals surface area contributed by atoms with Crippen LogP contribution in [-0.2, 0) is 17.5 Å². The molecule has 28 heavy (non-hydrogen) atoms. The summed E-state index contributed by atoms with van der Waals surface area (Å²) in [5.41, 5.74) is -1.23. The quantitative estimate of drug-likeness (QED) is 0.295. The summed E-state index contributed by atoms with van der Waals surface area (Å²) in [6.45, 7) is 3.58. The van der Waals surface area contributed by atoms with Gasteiger partial charge in [0, 0.05) is 19.2 Å². The van der Waals surface area contributed by atoms with E-state index in [2.05, 4.69) is 4.99 Å². The lowest BCUT2D eigenvalue weighted by molar-refractivity contribution is -0.138. The number of hydrogen-bond acceptors (Lipinski definition) is 3. The molecule has 0 N–H and O–H groups in total. The molecule has 2 rings (SSSR count). The molecule has 0 radical (unpaired) electrons. The standard InChI is InChI=1S/C20H20F4N2O2/c1-4-26(3)12-25-18-10-16(20(22,23)24)15(9-13(18)2)19(27)28-11-14-7-5-6-8-17(14)21/h5-10,12H,4,11H2,1-3H3/b25-12+. The SMILES string of the molecule is CCN(C)/C=N/c1cc(C(F)(F)F)c(C(=O)OCc2ccccc2F)cc1C. The highest BCUT2D eigenvalue weighted by Crippen LogP contribution is 2.36. The van der Waals surface area contributed by atoms with Crippen LogP contribution in [0.3, 0.4) is 0 Å². The van der Waals surface area contributed by atoms with Crippen LogP contribution in [0.1, 0.15) is 34.0 Å². The Balaban J connectivity index is 2.34. The Morgan fingerprint density at radius 2 is 1.93 bits per heavy atom. The first-order valence-corrected chi connectivity index (χ1v) is 8.50. The predicted octanol–water partition coefficient (Wildman–Crippen LogP) is 5.12. The van der Waals surface area contributed by atoms with Gasteiger partial charge in [-0.2, -0.15) is 13.2 Å². The highest BCUT2D eigenvalue weighted by atomic mass is 19.4. The van der Waals surface area contributed by atoms with Crippen molar-refractivity contribution in [2.24, 2.45) is 4.99 Å². The average molecular weight is 396 g/mol. The highest BCUT2D eigenvalue weighted by molar-refractivity contribution is 5.92. The van der Waals surface area contributed by atoms with Crippen LogP contribution in [0.5, 0.6) is 0 Å². The van der Waals surface area contributed by atoms with Crippen LogP contribution < -0.4 is 0 Å². The van der Waals surface area contributed by atoms with Crippen LogP contribution in [-0.4, -0.2) is 30.8 Å². The Morgan fingerprint density at radius 1 is 1.25 bits per heavy atom.